The van der Waals surface area contributed by atoms with Crippen molar-refractivity contribution in [3.05, 3.63) is 34.9 Å². The Labute approximate surface area is 116 Å². The van der Waals surface area contributed by atoms with Crippen LogP contribution in [0.15, 0.2) is 18.2 Å². The van der Waals surface area contributed by atoms with E-state index in [-0.39, 0.29) is 0 Å². The fourth-order valence-corrected chi connectivity index (χ4v) is 2.50. The second-order valence-corrected chi connectivity index (χ2v) is 5.70. The first-order valence-electron chi connectivity index (χ1n) is 7.16. The van der Waals surface area contributed by atoms with Gasteiger partial charge in [-0.3, -0.25) is 4.90 Å². The van der Waals surface area contributed by atoms with E-state index in [4.69, 9.17) is 4.74 Å². The lowest BCUT2D eigenvalue weighted by Gasteiger charge is -2.29. The van der Waals surface area contributed by atoms with Gasteiger partial charge < -0.3 is 9.84 Å². The Morgan fingerprint density at radius 3 is 2.58 bits per heavy atom. The molecule has 1 aliphatic heterocycles. The summed E-state index contributed by atoms with van der Waals surface area (Å²) >= 11 is 0. The molecule has 1 heterocycles. The second-order valence-electron chi connectivity index (χ2n) is 5.70. The number of β-amino-alcohol motifs (C(OH)–C–C–N with tert-alkyl or cyclic N) is 1. The highest BCUT2D eigenvalue weighted by molar-refractivity contribution is 5.34. The summed E-state index contributed by atoms with van der Waals surface area (Å²) in [5.41, 5.74) is 3.53. The number of aliphatic hydroxyl groups is 1. The molecule has 3 heteroatoms. The summed E-state index contributed by atoms with van der Waals surface area (Å²) in [5.74, 6) is 0.495. The Bertz CT molecular complexity index is 411. The quantitative estimate of drug-likeness (QED) is 0.906. The van der Waals surface area contributed by atoms with Crippen LogP contribution >= 0.6 is 0 Å². The monoisotopic (exact) mass is 263 g/mol. The molecule has 0 bridgehead atoms. The predicted octanol–water partition coefficient (Wildman–Crippen LogP) is 2.48. The molecule has 1 N–H and O–H groups in total. The first-order valence-corrected chi connectivity index (χ1v) is 7.16. The minimum Gasteiger partial charge on any atom is -0.387 e. The van der Waals surface area contributed by atoms with Crippen LogP contribution in [0.25, 0.3) is 0 Å². The lowest BCUT2D eigenvalue weighted by atomic mass is 9.95. The third kappa shape index (κ3) is 3.78. The zero-order chi connectivity index (χ0) is 13.8. The largest absolute Gasteiger partial charge is 0.387 e. The van der Waals surface area contributed by atoms with Crippen LogP contribution in [-0.2, 0) is 4.74 Å². The van der Waals surface area contributed by atoms with Gasteiger partial charge in [0, 0.05) is 19.6 Å². The van der Waals surface area contributed by atoms with E-state index in [9.17, 15) is 5.11 Å². The third-order valence-corrected chi connectivity index (χ3v) is 3.86. The fraction of sp³-hybridized carbons (Fsp3) is 0.625. The number of aliphatic hydroxyl groups excluding tert-OH is 1. The van der Waals surface area contributed by atoms with Gasteiger partial charge in [0.2, 0.25) is 0 Å². The summed E-state index contributed by atoms with van der Waals surface area (Å²) in [4.78, 5) is 2.27. The predicted molar refractivity (Wildman–Crippen MR) is 77.5 cm³/mol. The van der Waals surface area contributed by atoms with Crippen molar-refractivity contribution >= 4 is 0 Å². The molecule has 0 aliphatic carbocycles. The summed E-state index contributed by atoms with van der Waals surface area (Å²) in [6.07, 6.45) is -0.406. The van der Waals surface area contributed by atoms with Gasteiger partial charge in [-0.05, 0) is 29.5 Å². The molecule has 19 heavy (non-hydrogen) atoms. The van der Waals surface area contributed by atoms with Gasteiger partial charge in [0.25, 0.3) is 0 Å². The molecule has 106 valence electrons. The van der Waals surface area contributed by atoms with Crippen LogP contribution in [0.1, 0.15) is 42.6 Å². The molecule has 1 aromatic carbocycles. The average Bonchev–Trinajstić information content (AvgIpc) is 2.40. The van der Waals surface area contributed by atoms with Crippen molar-refractivity contribution in [2.75, 3.05) is 32.8 Å². The van der Waals surface area contributed by atoms with Crippen LogP contribution in [-0.4, -0.2) is 42.9 Å². The number of nitrogens with zero attached hydrogens (tertiary/aromatic N) is 1. The number of morpholine rings is 1. The Kier molecular flexibility index (Phi) is 4.97. The maximum Gasteiger partial charge on any atom is 0.0919 e. The van der Waals surface area contributed by atoms with Crippen LogP contribution in [0.2, 0.25) is 0 Å². The highest BCUT2D eigenvalue weighted by Crippen LogP contribution is 2.24. The van der Waals surface area contributed by atoms with Crippen LogP contribution in [0.4, 0.5) is 0 Å². The van der Waals surface area contributed by atoms with Crippen molar-refractivity contribution in [2.24, 2.45) is 0 Å². The van der Waals surface area contributed by atoms with Crippen molar-refractivity contribution in [1.82, 2.24) is 4.90 Å². The van der Waals surface area contributed by atoms with E-state index in [0.717, 1.165) is 31.9 Å². The molecular formula is C16H25NO2. The van der Waals surface area contributed by atoms with E-state index in [1.165, 1.54) is 11.1 Å². The highest BCUT2D eigenvalue weighted by atomic mass is 16.5. The summed E-state index contributed by atoms with van der Waals surface area (Å²) in [6.45, 7) is 10.5. The molecule has 1 fully saturated rings. The van der Waals surface area contributed by atoms with Crippen molar-refractivity contribution < 1.29 is 9.84 Å². The molecule has 0 spiro atoms. The number of rotatable bonds is 4. The minimum atomic E-state index is -0.406. The zero-order valence-electron chi connectivity index (χ0n) is 12.2. The van der Waals surface area contributed by atoms with Gasteiger partial charge in [-0.25, -0.2) is 0 Å². The SMILES string of the molecule is Cc1ccc(C(C)C)cc1C(O)CN1CCOCC1. The molecule has 0 radical (unpaired) electrons. The summed E-state index contributed by atoms with van der Waals surface area (Å²) in [5, 5.41) is 10.5. The Morgan fingerprint density at radius 1 is 1.26 bits per heavy atom. The number of aryl methyl sites for hydroxylation is 1. The molecule has 1 saturated heterocycles. The Morgan fingerprint density at radius 2 is 1.95 bits per heavy atom. The number of benzene rings is 1. The molecular weight excluding hydrogens is 238 g/mol. The Hall–Kier alpha value is -0.900. The van der Waals surface area contributed by atoms with Gasteiger partial charge in [-0.2, -0.15) is 0 Å². The number of hydrogen-bond donors (Lipinski definition) is 1. The molecule has 2 rings (SSSR count). The molecule has 1 aliphatic rings. The van der Waals surface area contributed by atoms with Gasteiger partial charge in [-0.1, -0.05) is 32.0 Å². The van der Waals surface area contributed by atoms with E-state index >= 15 is 0 Å². The minimum absolute atomic E-state index is 0.406. The summed E-state index contributed by atoms with van der Waals surface area (Å²) < 4.78 is 5.34. The summed E-state index contributed by atoms with van der Waals surface area (Å²) in [7, 11) is 0. The zero-order valence-corrected chi connectivity index (χ0v) is 12.2. The van der Waals surface area contributed by atoms with Gasteiger partial charge in [0.15, 0.2) is 0 Å². The molecule has 1 aromatic rings. The van der Waals surface area contributed by atoms with Crippen molar-refractivity contribution in [3.63, 3.8) is 0 Å². The van der Waals surface area contributed by atoms with E-state index in [0.29, 0.717) is 12.5 Å². The van der Waals surface area contributed by atoms with Crippen LogP contribution in [0, 0.1) is 6.92 Å². The van der Waals surface area contributed by atoms with E-state index in [2.05, 4.69) is 43.9 Å². The maximum absolute atomic E-state index is 10.5. The molecule has 0 saturated carbocycles. The molecule has 3 nitrogen and oxygen atoms in total. The lowest BCUT2D eigenvalue weighted by molar-refractivity contribution is 0.0142. The van der Waals surface area contributed by atoms with E-state index in [1.54, 1.807) is 0 Å². The first kappa shape index (κ1) is 14.5. The normalized spacial score (nSPS) is 18.8. The fourth-order valence-electron chi connectivity index (χ4n) is 2.50. The van der Waals surface area contributed by atoms with E-state index < -0.39 is 6.10 Å². The maximum atomic E-state index is 10.5. The van der Waals surface area contributed by atoms with Gasteiger partial charge in [0.05, 0.1) is 19.3 Å². The first-order chi connectivity index (χ1) is 9.08. The smallest absolute Gasteiger partial charge is 0.0919 e. The van der Waals surface area contributed by atoms with Crippen molar-refractivity contribution in [1.29, 1.82) is 0 Å². The molecule has 0 aromatic heterocycles. The van der Waals surface area contributed by atoms with Crippen LogP contribution < -0.4 is 0 Å². The van der Waals surface area contributed by atoms with Gasteiger partial charge in [0.1, 0.15) is 0 Å². The van der Waals surface area contributed by atoms with Crippen molar-refractivity contribution in [2.45, 2.75) is 32.8 Å². The molecule has 1 atom stereocenters. The van der Waals surface area contributed by atoms with Crippen LogP contribution in [0.5, 0.6) is 0 Å². The Balaban J connectivity index is 2.08. The topological polar surface area (TPSA) is 32.7 Å². The van der Waals surface area contributed by atoms with Crippen LogP contribution in [0.3, 0.4) is 0 Å². The standard InChI is InChI=1S/C16H25NO2/c1-12(2)14-5-4-13(3)15(10-14)16(18)11-17-6-8-19-9-7-17/h4-5,10,12,16,18H,6-9,11H2,1-3H3. The third-order valence-electron chi connectivity index (χ3n) is 3.86. The lowest BCUT2D eigenvalue weighted by Crippen LogP contribution is -2.38. The number of hydrogen-bond acceptors (Lipinski definition) is 3. The van der Waals surface area contributed by atoms with Gasteiger partial charge in [-0.15, -0.1) is 0 Å². The molecule has 0 amide bonds. The summed E-state index contributed by atoms with van der Waals surface area (Å²) in [6, 6.07) is 6.43. The van der Waals surface area contributed by atoms with Gasteiger partial charge >= 0.3 is 0 Å². The average molecular weight is 263 g/mol. The van der Waals surface area contributed by atoms with E-state index in [1.807, 2.05) is 0 Å². The molecule has 1 unspecified atom stereocenters. The number of ether oxygens (including phenoxy) is 1. The van der Waals surface area contributed by atoms with Crippen molar-refractivity contribution in [3.8, 4) is 0 Å². The second kappa shape index (κ2) is 6.51. The highest BCUT2D eigenvalue weighted by Gasteiger charge is 2.18.